The highest BCUT2D eigenvalue weighted by Gasteiger charge is 2.54. The van der Waals surface area contributed by atoms with E-state index in [4.69, 9.17) is 11.6 Å². The molecule has 0 aliphatic heterocycles. The van der Waals surface area contributed by atoms with Gasteiger partial charge in [-0.3, -0.25) is 4.79 Å². The van der Waals surface area contributed by atoms with Crippen LogP contribution in [0.2, 0.25) is 5.02 Å². The van der Waals surface area contributed by atoms with E-state index in [9.17, 15) is 20.4 Å². The Bertz CT molecular complexity index is 881. The number of hydrogen-bond acceptors (Lipinski definition) is 4. The van der Waals surface area contributed by atoms with Gasteiger partial charge in [0.15, 0.2) is 11.2 Å². The molecule has 0 heterocycles. The summed E-state index contributed by atoms with van der Waals surface area (Å²) >= 11 is 5.93. The molecule has 0 saturated heterocycles. The predicted molar refractivity (Wildman–Crippen MR) is 94.3 cm³/mol. The lowest BCUT2D eigenvalue weighted by atomic mass is 9.55. The van der Waals surface area contributed by atoms with Crippen LogP contribution in [-0.2, 0) is 4.79 Å². The third kappa shape index (κ3) is 2.64. The zero-order chi connectivity index (χ0) is 18.4. The van der Waals surface area contributed by atoms with E-state index in [-0.39, 0.29) is 22.5 Å². The number of carbonyl (C=O) groups is 1. The number of fused-ring (bicyclic) bond motifs is 1. The van der Waals surface area contributed by atoms with Gasteiger partial charge in [0.05, 0.1) is 12.1 Å². The molecule has 1 unspecified atom stereocenters. The van der Waals surface area contributed by atoms with Crippen LogP contribution in [0.1, 0.15) is 32.3 Å². The van der Waals surface area contributed by atoms with Crippen molar-refractivity contribution in [2.24, 2.45) is 16.7 Å². The normalized spacial score (nSPS) is 24.0. The largest absolute Gasteiger partial charge is 0.508 e. The number of carbonyl (C=O) groups excluding carboxylic acids is 1. The summed E-state index contributed by atoms with van der Waals surface area (Å²) in [5.41, 5.74) is -0.615. The number of nitrogens with zero attached hydrogens (tertiary/aromatic N) is 2. The smallest absolute Gasteiger partial charge is 0.176 e. The molecule has 4 nitrogen and oxygen atoms in total. The number of nitriles is 2. The predicted octanol–water partition coefficient (Wildman–Crippen LogP) is 4.59. The maximum absolute atomic E-state index is 12.6. The second kappa shape index (κ2) is 5.76. The summed E-state index contributed by atoms with van der Waals surface area (Å²) in [5.74, 6) is -0.994. The highest BCUT2D eigenvalue weighted by atomic mass is 35.5. The average molecular weight is 353 g/mol. The van der Waals surface area contributed by atoms with Gasteiger partial charge in [0.2, 0.25) is 0 Å². The SMILES string of the molecule is CC1(C)CC(=O)C2=C(O)C=C(c3ccc(Cl)cc3)C(C#N)(C#N)C2C1. The summed E-state index contributed by atoms with van der Waals surface area (Å²) in [6, 6.07) is 11.1. The Balaban J connectivity index is 2.27. The summed E-state index contributed by atoms with van der Waals surface area (Å²) in [6.07, 6.45) is 2.15. The number of benzene rings is 1. The molecule has 3 rings (SSSR count). The summed E-state index contributed by atoms with van der Waals surface area (Å²) < 4.78 is 0. The van der Waals surface area contributed by atoms with Gasteiger partial charge < -0.3 is 5.11 Å². The number of aliphatic hydroxyl groups excluding tert-OH is 1. The van der Waals surface area contributed by atoms with Gasteiger partial charge in [-0.15, -0.1) is 0 Å². The van der Waals surface area contributed by atoms with Crippen LogP contribution in [0.4, 0.5) is 0 Å². The number of aliphatic hydroxyl groups is 1. The maximum Gasteiger partial charge on any atom is 0.176 e. The van der Waals surface area contributed by atoms with Gasteiger partial charge >= 0.3 is 0 Å². The number of hydrogen-bond donors (Lipinski definition) is 1. The number of rotatable bonds is 1. The van der Waals surface area contributed by atoms with Gasteiger partial charge in [-0.2, -0.15) is 10.5 Å². The lowest BCUT2D eigenvalue weighted by molar-refractivity contribution is -0.120. The number of Topliss-reactive ketones (excluding diaryl/α,β-unsaturated/α-hetero) is 1. The van der Waals surface area contributed by atoms with Crippen LogP contribution in [-0.4, -0.2) is 10.9 Å². The van der Waals surface area contributed by atoms with Crippen LogP contribution in [0.25, 0.3) is 5.57 Å². The molecule has 1 fully saturated rings. The lowest BCUT2D eigenvalue weighted by Crippen LogP contribution is -2.43. The van der Waals surface area contributed by atoms with Crippen LogP contribution in [0, 0.1) is 39.4 Å². The second-order valence-corrected chi connectivity index (χ2v) is 7.85. The third-order valence-electron chi connectivity index (χ3n) is 5.06. The van der Waals surface area contributed by atoms with Crippen LogP contribution < -0.4 is 0 Å². The fourth-order valence-electron chi connectivity index (χ4n) is 3.90. The molecule has 0 amide bonds. The van der Waals surface area contributed by atoms with Gasteiger partial charge in [-0.1, -0.05) is 37.6 Å². The van der Waals surface area contributed by atoms with Crippen molar-refractivity contribution >= 4 is 23.0 Å². The van der Waals surface area contributed by atoms with Gasteiger partial charge in [0, 0.05) is 22.9 Å². The van der Waals surface area contributed by atoms with Crippen molar-refractivity contribution < 1.29 is 9.90 Å². The summed E-state index contributed by atoms with van der Waals surface area (Å²) in [5, 5.41) is 30.9. The molecule has 2 aliphatic rings. The van der Waals surface area contributed by atoms with E-state index in [1.54, 1.807) is 24.3 Å². The monoisotopic (exact) mass is 352 g/mol. The van der Waals surface area contributed by atoms with Crippen LogP contribution in [0.5, 0.6) is 0 Å². The van der Waals surface area contributed by atoms with E-state index in [1.165, 1.54) is 6.08 Å². The first-order valence-electron chi connectivity index (χ1n) is 8.01. The van der Waals surface area contributed by atoms with Crippen molar-refractivity contribution in [2.45, 2.75) is 26.7 Å². The topological polar surface area (TPSA) is 84.9 Å². The molecule has 0 radical (unpaired) electrons. The third-order valence-corrected chi connectivity index (χ3v) is 5.31. The number of allylic oxidation sites excluding steroid dienone is 3. The van der Waals surface area contributed by atoms with Crippen molar-refractivity contribution in [3.05, 3.63) is 52.3 Å². The summed E-state index contributed by atoms with van der Waals surface area (Å²) in [6.45, 7) is 3.89. The minimum Gasteiger partial charge on any atom is -0.508 e. The van der Waals surface area contributed by atoms with E-state index >= 15 is 0 Å². The number of halogens is 1. The molecule has 126 valence electrons. The Labute approximate surface area is 151 Å². The fraction of sp³-hybridized carbons (Fsp3) is 0.350. The molecule has 1 aromatic carbocycles. The fourth-order valence-corrected chi connectivity index (χ4v) is 4.03. The molecule has 25 heavy (non-hydrogen) atoms. The molecule has 1 saturated carbocycles. The van der Waals surface area contributed by atoms with Crippen molar-refractivity contribution in [3.63, 3.8) is 0 Å². The molecular formula is C20H17ClN2O2. The Morgan fingerprint density at radius 1 is 1.20 bits per heavy atom. The Kier molecular flexibility index (Phi) is 3.98. The minimum atomic E-state index is -1.53. The Morgan fingerprint density at radius 3 is 2.36 bits per heavy atom. The molecule has 0 bridgehead atoms. The molecule has 0 aromatic heterocycles. The van der Waals surface area contributed by atoms with Gasteiger partial charge in [-0.05, 0) is 41.2 Å². The number of ketones is 1. The molecule has 0 spiro atoms. The van der Waals surface area contributed by atoms with E-state index in [2.05, 4.69) is 12.1 Å². The zero-order valence-corrected chi connectivity index (χ0v) is 14.8. The van der Waals surface area contributed by atoms with E-state index < -0.39 is 11.3 Å². The highest BCUT2D eigenvalue weighted by molar-refractivity contribution is 6.30. The average Bonchev–Trinajstić information content (AvgIpc) is 2.54. The Hall–Kier alpha value is -2.56. The molecule has 1 aromatic rings. The first-order valence-corrected chi connectivity index (χ1v) is 8.39. The zero-order valence-electron chi connectivity index (χ0n) is 14.0. The van der Waals surface area contributed by atoms with Crippen LogP contribution in [0.3, 0.4) is 0 Å². The van der Waals surface area contributed by atoms with E-state index in [1.807, 2.05) is 13.8 Å². The van der Waals surface area contributed by atoms with Gasteiger partial charge in [0.25, 0.3) is 0 Å². The van der Waals surface area contributed by atoms with Crippen LogP contribution in [0.15, 0.2) is 41.7 Å². The first kappa shape index (κ1) is 17.3. The molecule has 1 atom stereocenters. The standard InChI is InChI=1S/C20H17ClN2O2/c1-19(2)8-15-18(17(25)9-19)16(24)7-14(20(15,10-22)11-23)12-3-5-13(21)6-4-12/h3-7,15,24H,8-9H2,1-2H3. The van der Waals surface area contributed by atoms with Gasteiger partial charge in [0.1, 0.15) is 5.76 Å². The van der Waals surface area contributed by atoms with E-state index in [0.29, 0.717) is 29.0 Å². The van der Waals surface area contributed by atoms with Gasteiger partial charge in [-0.25, -0.2) is 0 Å². The van der Waals surface area contributed by atoms with E-state index in [0.717, 1.165) is 0 Å². The molecule has 2 aliphatic carbocycles. The molecule has 1 N–H and O–H groups in total. The molecular weight excluding hydrogens is 336 g/mol. The van der Waals surface area contributed by atoms with Crippen molar-refractivity contribution in [3.8, 4) is 12.1 Å². The maximum atomic E-state index is 12.6. The highest BCUT2D eigenvalue weighted by Crippen LogP contribution is 2.55. The quantitative estimate of drug-likeness (QED) is 0.801. The van der Waals surface area contributed by atoms with Crippen molar-refractivity contribution in [1.29, 1.82) is 10.5 Å². The van der Waals surface area contributed by atoms with Crippen molar-refractivity contribution in [1.82, 2.24) is 0 Å². The second-order valence-electron chi connectivity index (χ2n) is 7.42. The molecule has 5 heteroatoms. The summed E-state index contributed by atoms with van der Waals surface area (Å²) in [7, 11) is 0. The van der Waals surface area contributed by atoms with Crippen molar-refractivity contribution in [2.75, 3.05) is 0 Å². The summed E-state index contributed by atoms with van der Waals surface area (Å²) in [4.78, 5) is 12.6. The van der Waals surface area contributed by atoms with Crippen LogP contribution >= 0.6 is 11.6 Å². The first-order chi connectivity index (χ1) is 11.7. The minimum absolute atomic E-state index is 0.142. The Morgan fingerprint density at radius 2 is 1.80 bits per heavy atom. The lowest BCUT2D eigenvalue weighted by Gasteiger charge is -2.43.